The fraction of sp³-hybridized carbons (Fsp3) is 0.462. The van der Waals surface area contributed by atoms with E-state index in [1.165, 1.54) is 4.90 Å². The maximum Gasteiger partial charge on any atom is 0.246 e. The van der Waals surface area contributed by atoms with E-state index in [1.54, 1.807) is 44.2 Å². The largest absolute Gasteiger partial charge is 0.360 e. The molecule has 3 amide bonds. The van der Waals surface area contributed by atoms with Crippen molar-refractivity contribution in [2.75, 3.05) is 5.32 Å². The normalized spacial score (nSPS) is 30.6. The van der Waals surface area contributed by atoms with Crippen molar-refractivity contribution in [3.05, 3.63) is 58.8 Å². The molecule has 5 rings (SSSR count). The van der Waals surface area contributed by atoms with Crippen LogP contribution < -0.4 is 10.6 Å². The van der Waals surface area contributed by atoms with Gasteiger partial charge in [-0.05, 0) is 52.3 Å². The molecule has 9 nitrogen and oxygen atoms in total. The van der Waals surface area contributed by atoms with Crippen molar-refractivity contribution in [1.29, 1.82) is 0 Å². The highest BCUT2D eigenvalue weighted by molar-refractivity contribution is 6.30. The van der Waals surface area contributed by atoms with E-state index in [0.29, 0.717) is 10.8 Å². The van der Waals surface area contributed by atoms with Crippen molar-refractivity contribution in [2.45, 2.75) is 63.9 Å². The Morgan fingerprint density at radius 1 is 1.17 bits per heavy atom. The van der Waals surface area contributed by atoms with Crippen LogP contribution in [-0.2, 0) is 25.7 Å². The number of carbonyl (C=O) groups excluding carboxylic acids is 3. The molecule has 3 aliphatic heterocycles. The zero-order chi connectivity index (χ0) is 26.0. The van der Waals surface area contributed by atoms with E-state index in [1.807, 2.05) is 32.9 Å². The minimum Gasteiger partial charge on any atom is -0.360 e. The summed E-state index contributed by atoms with van der Waals surface area (Å²) in [4.78, 5) is 42.8. The molecular weight excluding hydrogens is 484 g/mol. The number of nitrogens with one attached hydrogen (secondary N) is 2. The Hall–Kier alpha value is -3.17. The lowest BCUT2D eigenvalue weighted by molar-refractivity contribution is -0.145. The van der Waals surface area contributed by atoms with E-state index in [4.69, 9.17) is 20.9 Å². The summed E-state index contributed by atoms with van der Waals surface area (Å²) in [7, 11) is 0. The number of fused-ring (bicyclic) bond motifs is 1. The lowest BCUT2D eigenvalue weighted by Crippen LogP contribution is -2.57. The SMILES string of the molecule is Cc1cc(NC(=O)[C@H]2[C@@H]3C(=O)N(Cc4ccc(Cl)cc4)[C@H](C(=O)NC(C)(C)C)[C@@]34C=C[C@]2(C)O4)no1. The van der Waals surface area contributed by atoms with E-state index in [2.05, 4.69) is 15.8 Å². The summed E-state index contributed by atoms with van der Waals surface area (Å²) >= 11 is 6.04. The Morgan fingerprint density at radius 3 is 2.47 bits per heavy atom. The summed E-state index contributed by atoms with van der Waals surface area (Å²) in [6.45, 7) is 9.28. The van der Waals surface area contributed by atoms with Gasteiger partial charge in [-0.1, -0.05) is 41.0 Å². The quantitative estimate of drug-likeness (QED) is 0.594. The van der Waals surface area contributed by atoms with Gasteiger partial charge in [-0.15, -0.1) is 0 Å². The van der Waals surface area contributed by atoms with Gasteiger partial charge in [0.25, 0.3) is 0 Å². The molecule has 0 unspecified atom stereocenters. The lowest BCUT2D eigenvalue weighted by atomic mass is 9.70. The maximum atomic E-state index is 14.0. The molecule has 0 radical (unpaired) electrons. The summed E-state index contributed by atoms with van der Waals surface area (Å²) in [6, 6.07) is 7.73. The summed E-state index contributed by atoms with van der Waals surface area (Å²) in [6.07, 6.45) is 3.58. The van der Waals surface area contributed by atoms with Crippen molar-refractivity contribution < 1.29 is 23.6 Å². The zero-order valence-corrected chi connectivity index (χ0v) is 21.6. The van der Waals surface area contributed by atoms with Gasteiger partial charge in [0.2, 0.25) is 17.7 Å². The minimum atomic E-state index is -1.28. The predicted octanol–water partition coefficient (Wildman–Crippen LogP) is 3.23. The predicted molar refractivity (Wildman–Crippen MR) is 132 cm³/mol. The van der Waals surface area contributed by atoms with Gasteiger partial charge in [-0.25, -0.2) is 0 Å². The number of likely N-dealkylation sites (tertiary alicyclic amines) is 1. The third-order valence-electron chi connectivity index (χ3n) is 6.97. The van der Waals surface area contributed by atoms with Crippen LogP contribution >= 0.6 is 11.6 Å². The highest BCUT2D eigenvalue weighted by Gasteiger charge is 2.76. The fourth-order valence-corrected chi connectivity index (χ4v) is 5.78. The average molecular weight is 513 g/mol. The molecule has 5 atom stereocenters. The van der Waals surface area contributed by atoms with Crippen LogP contribution in [0.15, 0.2) is 47.0 Å². The Kier molecular flexibility index (Phi) is 5.57. The maximum absolute atomic E-state index is 14.0. The molecule has 10 heteroatoms. The van der Waals surface area contributed by atoms with E-state index in [-0.39, 0.29) is 24.2 Å². The van der Waals surface area contributed by atoms with Crippen molar-refractivity contribution in [2.24, 2.45) is 11.8 Å². The number of amides is 3. The number of halogens is 1. The number of benzene rings is 1. The third-order valence-corrected chi connectivity index (χ3v) is 7.22. The Bertz CT molecular complexity index is 1270. The second-order valence-electron chi connectivity index (χ2n) is 11.0. The Morgan fingerprint density at radius 2 is 1.86 bits per heavy atom. The molecule has 1 aromatic carbocycles. The molecule has 36 heavy (non-hydrogen) atoms. The smallest absolute Gasteiger partial charge is 0.246 e. The van der Waals surface area contributed by atoms with Crippen molar-refractivity contribution in [3.8, 4) is 0 Å². The third kappa shape index (κ3) is 3.90. The molecule has 4 heterocycles. The monoisotopic (exact) mass is 512 g/mol. The molecule has 1 spiro atoms. The zero-order valence-electron chi connectivity index (χ0n) is 20.8. The molecule has 2 saturated heterocycles. The van der Waals surface area contributed by atoms with Gasteiger partial charge in [0.1, 0.15) is 17.4 Å². The molecule has 3 aliphatic rings. The molecule has 2 N–H and O–H groups in total. The van der Waals surface area contributed by atoms with E-state index < -0.39 is 40.5 Å². The van der Waals surface area contributed by atoms with Crippen molar-refractivity contribution >= 4 is 35.1 Å². The Labute approximate surface area is 214 Å². The number of rotatable bonds is 5. The number of aryl methyl sites for hydroxylation is 1. The molecule has 2 aromatic rings. The lowest BCUT2D eigenvalue weighted by Gasteiger charge is -2.35. The van der Waals surface area contributed by atoms with Gasteiger partial charge >= 0.3 is 0 Å². The topological polar surface area (TPSA) is 114 Å². The molecule has 190 valence electrons. The van der Waals surface area contributed by atoms with Crippen LogP contribution in [0.4, 0.5) is 5.82 Å². The van der Waals surface area contributed by atoms with Gasteiger partial charge in [-0.3, -0.25) is 14.4 Å². The van der Waals surface area contributed by atoms with Crippen LogP contribution in [0.2, 0.25) is 5.02 Å². The summed E-state index contributed by atoms with van der Waals surface area (Å²) in [5.74, 6) is -2.03. The van der Waals surface area contributed by atoms with Gasteiger partial charge in [0.15, 0.2) is 5.82 Å². The van der Waals surface area contributed by atoms with Crippen LogP contribution in [0.1, 0.15) is 39.0 Å². The van der Waals surface area contributed by atoms with Crippen molar-refractivity contribution in [1.82, 2.24) is 15.4 Å². The molecular formula is C26H29ClN4O5. The highest BCUT2D eigenvalue weighted by Crippen LogP contribution is 2.60. The summed E-state index contributed by atoms with van der Waals surface area (Å²) in [5, 5.41) is 10.2. The van der Waals surface area contributed by atoms with Gasteiger partial charge in [0, 0.05) is 23.2 Å². The fourth-order valence-electron chi connectivity index (χ4n) is 5.65. The second-order valence-corrected chi connectivity index (χ2v) is 11.4. The van der Waals surface area contributed by atoms with Gasteiger partial charge in [-0.2, -0.15) is 0 Å². The average Bonchev–Trinajstić information content (AvgIpc) is 3.46. The number of anilines is 1. The molecule has 2 bridgehead atoms. The van der Waals surface area contributed by atoms with Crippen LogP contribution in [0.25, 0.3) is 0 Å². The number of ether oxygens (including phenoxy) is 1. The first kappa shape index (κ1) is 24.5. The second kappa shape index (κ2) is 8.18. The number of hydrogen-bond donors (Lipinski definition) is 2. The Balaban J connectivity index is 1.54. The van der Waals surface area contributed by atoms with E-state index in [0.717, 1.165) is 5.56 Å². The van der Waals surface area contributed by atoms with Crippen molar-refractivity contribution in [3.63, 3.8) is 0 Å². The first-order valence-electron chi connectivity index (χ1n) is 11.8. The van der Waals surface area contributed by atoms with Crippen LogP contribution in [0.5, 0.6) is 0 Å². The minimum absolute atomic E-state index is 0.168. The molecule has 1 aromatic heterocycles. The molecule has 0 aliphatic carbocycles. The summed E-state index contributed by atoms with van der Waals surface area (Å²) in [5.41, 5.74) is -2.07. The van der Waals surface area contributed by atoms with Gasteiger partial charge < -0.3 is 24.8 Å². The van der Waals surface area contributed by atoms with Crippen LogP contribution in [0.3, 0.4) is 0 Å². The molecule has 2 fully saturated rings. The first-order chi connectivity index (χ1) is 16.8. The highest BCUT2D eigenvalue weighted by atomic mass is 35.5. The van der Waals surface area contributed by atoms with Crippen LogP contribution in [-0.4, -0.2) is 50.6 Å². The number of hydrogen-bond acceptors (Lipinski definition) is 6. The summed E-state index contributed by atoms with van der Waals surface area (Å²) < 4.78 is 11.6. The number of aromatic nitrogens is 1. The van der Waals surface area contributed by atoms with E-state index in [9.17, 15) is 14.4 Å². The number of nitrogens with zero attached hydrogens (tertiary/aromatic N) is 2. The van der Waals surface area contributed by atoms with Gasteiger partial charge in [0.05, 0.1) is 17.4 Å². The van der Waals surface area contributed by atoms with E-state index >= 15 is 0 Å². The van der Waals surface area contributed by atoms with Crippen LogP contribution in [0, 0.1) is 18.8 Å². The first-order valence-corrected chi connectivity index (χ1v) is 12.2. The number of carbonyl (C=O) groups is 3. The molecule has 0 saturated carbocycles. The standard InChI is InChI=1S/C26H29ClN4O5/c1-14-12-17(30-35-14)28-21(32)18-19-23(34)31(13-15-6-8-16(27)9-7-15)20(22(33)29-24(2,3)4)26(19)11-10-25(18,5)36-26/h6-12,18-20H,13H2,1-5H3,(H,29,33)(H,28,30,32)/t18-,19-,20-,25+,26-/m1/s1.